The lowest BCUT2D eigenvalue weighted by molar-refractivity contribution is -0.143. The van der Waals surface area contributed by atoms with Crippen LogP contribution in [0.4, 0.5) is 0 Å². The average Bonchev–Trinajstić information content (AvgIpc) is 2.43. The molecule has 1 fully saturated rings. The van der Waals surface area contributed by atoms with Gasteiger partial charge in [-0.2, -0.15) is 0 Å². The normalized spacial score (nSPS) is 17.9. The molecule has 0 amide bonds. The lowest BCUT2D eigenvalue weighted by Gasteiger charge is -2.31. The molecule has 1 aromatic carbocycles. The van der Waals surface area contributed by atoms with Crippen LogP contribution in [0.3, 0.4) is 0 Å². The van der Waals surface area contributed by atoms with Gasteiger partial charge in [-0.15, -0.1) is 0 Å². The molecule has 2 rings (SSSR count). The molecule has 0 aliphatic carbocycles. The summed E-state index contributed by atoms with van der Waals surface area (Å²) in [5, 5.41) is 9.62. The predicted octanol–water partition coefficient (Wildman–Crippen LogP) is 2.79. The Bertz CT molecular complexity index is 495. The van der Waals surface area contributed by atoms with Crippen LogP contribution in [0.2, 0.25) is 0 Å². The first-order chi connectivity index (χ1) is 9.99. The number of benzene rings is 1. The third-order valence-corrected chi connectivity index (χ3v) is 4.41. The van der Waals surface area contributed by atoms with Crippen LogP contribution in [0.15, 0.2) is 18.2 Å². The van der Waals surface area contributed by atoms with E-state index < -0.39 is 12.0 Å². The van der Waals surface area contributed by atoms with Crippen molar-refractivity contribution < 1.29 is 14.6 Å². The molecule has 1 N–H and O–H groups in total. The Morgan fingerprint density at radius 3 is 2.57 bits per heavy atom. The first-order valence-corrected chi connectivity index (χ1v) is 7.57. The van der Waals surface area contributed by atoms with Crippen LogP contribution in [0, 0.1) is 19.8 Å². The molecule has 1 aliphatic heterocycles. The number of ether oxygens (including phenoxy) is 1. The van der Waals surface area contributed by atoms with Crippen molar-refractivity contribution in [2.45, 2.75) is 32.7 Å². The summed E-state index contributed by atoms with van der Waals surface area (Å²) in [6.45, 7) is 6.45. The van der Waals surface area contributed by atoms with Gasteiger partial charge in [0.25, 0.3) is 0 Å². The highest BCUT2D eigenvalue weighted by atomic mass is 16.5. The van der Waals surface area contributed by atoms with E-state index in [9.17, 15) is 9.90 Å². The van der Waals surface area contributed by atoms with E-state index in [1.807, 2.05) is 44.0 Å². The lowest BCUT2D eigenvalue weighted by atomic mass is 9.96. The van der Waals surface area contributed by atoms with Crippen molar-refractivity contribution in [2.75, 3.05) is 26.8 Å². The fraction of sp³-hybridized carbons (Fsp3) is 0.588. The molecule has 0 saturated carbocycles. The lowest BCUT2D eigenvalue weighted by Crippen LogP contribution is -2.36. The molecule has 1 atom stereocenters. The third kappa shape index (κ3) is 4.05. The molecule has 116 valence electrons. The zero-order valence-corrected chi connectivity index (χ0v) is 13.1. The summed E-state index contributed by atoms with van der Waals surface area (Å²) in [6, 6.07) is 5.35. The van der Waals surface area contributed by atoms with Crippen molar-refractivity contribution >= 4 is 5.97 Å². The zero-order chi connectivity index (χ0) is 15.4. The number of carboxylic acid groups (broad SMARTS) is 1. The van der Waals surface area contributed by atoms with Crippen LogP contribution < -0.4 is 0 Å². The van der Waals surface area contributed by atoms with E-state index in [1.54, 1.807) is 0 Å². The highest BCUT2D eigenvalue weighted by molar-refractivity contribution is 5.75. The van der Waals surface area contributed by atoms with Gasteiger partial charge in [0.05, 0.1) is 0 Å². The maximum atomic E-state index is 11.7. The molecule has 1 aromatic rings. The van der Waals surface area contributed by atoms with Crippen molar-refractivity contribution in [3.8, 4) is 0 Å². The van der Waals surface area contributed by atoms with Crippen LogP contribution in [0.25, 0.3) is 0 Å². The first kappa shape index (κ1) is 16.0. The second-order valence-corrected chi connectivity index (χ2v) is 6.08. The topological polar surface area (TPSA) is 49.8 Å². The minimum atomic E-state index is -0.784. The number of carboxylic acids is 1. The minimum absolute atomic E-state index is 0.525. The molecule has 1 aliphatic rings. The van der Waals surface area contributed by atoms with Gasteiger partial charge in [0.2, 0.25) is 0 Å². The summed E-state index contributed by atoms with van der Waals surface area (Å²) < 4.78 is 5.37. The molecule has 21 heavy (non-hydrogen) atoms. The summed E-state index contributed by atoms with van der Waals surface area (Å²) >= 11 is 0. The Hall–Kier alpha value is -1.39. The fourth-order valence-electron chi connectivity index (χ4n) is 2.96. The van der Waals surface area contributed by atoms with Gasteiger partial charge in [0, 0.05) is 19.8 Å². The predicted molar refractivity (Wildman–Crippen MR) is 82.5 cm³/mol. The van der Waals surface area contributed by atoms with Crippen molar-refractivity contribution in [1.29, 1.82) is 0 Å². The van der Waals surface area contributed by atoms with Crippen LogP contribution in [-0.2, 0) is 9.53 Å². The summed E-state index contributed by atoms with van der Waals surface area (Å²) in [5.41, 5.74) is 3.19. The van der Waals surface area contributed by atoms with Gasteiger partial charge < -0.3 is 9.84 Å². The van der Waals surface area contributed by atoms with Crippen LogP contribution >= 0.6 is 0 Å². The molecule has 4 heteroatoms. The second-order valence-electron chi connectivity index (χ2n) is 6.08. The maximum absolute atomic E-state index is 11.7. The molecule has 0 aromatic heterocycles. The van der Waals surface area contributed by atoms with Crippen LogP contribution in [0.1, 0.15) is 35.6 Å². The number of likely N-dealkylation sites (N-methyl/N-ethyl adjacent to an activating group) is 1. The standard InChI is InChI=1S/C17H25NO3/c1-12-4-5-15(10-13(12)2)16(17(19)20)18(3)11-14-6-8-21-9-7-14/h4-5,10,14,16H,6-9,11H2,1-3H3,(H,19,20)/t16-/m0/s1. The molecular formula is C17H25NO3. The van der Waals surface area contributed by atoms with Gasteiger partial charge in [-0.05, 0) is 56.3 Å². The Labute approximate surface area is 126 Å². The molecule has 1 saturated heterocycles. The quantitative estimate of drug-likeness (QED) is 0.906. The number of carbonyl (C=O) groups is 1. The monoisotopic (exact) mass is 291 g/mol. The van der Waals surface area contributed by atoms with Gasteiger partial charge in [0.15, 0.2) is 0 Å². The Morgan fingerprint density at radius 1 is 1.33 bits per heavy atom. The number of aryl methyl sites for hydroxylation is 2. The van der Waals surface area contributed by atoms with Gasteiger partial charge in [-0.25, -0.2) is 0 Å². The molecular weight excluding hydrogens is 266 g/mol. The van der Waals surface area contributed by atoms with Gasteiger partial charge in [0.1, 0.15) is 6.04 Å². The summed E-state index contributed by atoms with van der Waals surface area (Å²) in [6.07, 6.45) is 2.03. The number of nitrogens with zero attached hydrogens (tertiary/aromatic N) is 1. The molecule has 4 nitrogen and oxygen atoms in total. The van der Waals surface area contributed by atoms with E-state index in [1.165, 1.54) is 5.56 Å². The van der Waals surface area contributed by atoms with Crippen LogP contribution in [0.5, 0.6) is 0 Å². The van der Waals surface area contributed by atoms with Crippen molar-refractivity contribution in [3.63, 3.8) is 0 Å². The van der Waals surface area contributed by atoms with Crippen molar-refractivity contribution in [3.05, 3.63) is 34.9 Å². The van der Waals surface area contributed by atoms with E-state index >= 15 is 0 Å². The summed E-state index contributed by atoms with van der Waals surface area (Å²) in [7, 11) is 1.91. The molecule has 0 radical (unpaired) electrons. The van der Waals surface area contributed by atoms with Gasteiger partial charge in [-0.3, -0.25) is 9.69 Å². The average molecular weight is 291 g/mol. The highest BCUT2D eigenvalue weighted by Gasteiger charge is 2.27. The maximum Gasteiger partial charge on any atom is 0.325 e. The van der Waals surface area contributed by atoms with E-state index in [0.29, 0.717) is 5.92 Å². The molecule has 1 heterocycles. The van der Waals surface area contributed by atoms with Crippen LogP contribution in [-0.4, -0.2) is 42.8 Å². The van der Waals surface area contributed by atoms with Gasteiger partial charge >= 0.3 is 5.97 Å². The first-order valence-electron chi connectivity index (χ1n) is 7.57. The van der Waals surface area contributed by atoms with Gasteiger partial charge in [-0.1, -0.05) is 18.2 Å². The van der Waals surface area contributed by atoms with E-state index in [4.69, 9.17) is 4.74 Å². The van der Waals surface area contributed by atoms with E-state index in [2.05, 4.69) is 0 Å². The van der Waals surface area contributed by atoms with Crippen molar-refractivity contribution in [2.24, 2.45) is 5.92 Å². The highest BCUT2D eigenvalue weighted by Crippen LogP contribution is 2.25. The Kier molecular flexibility index (Phi) is 5.37. The minimum Gasteiger partial charge on any atom is -0.480 e. The van der Waals surface area contributed by atoms with Crippen molar-refractivity contribution in [1.82, 2.24) is 4.90 Å². The SMILES string of the molecule is Cc1ccc([C@@H](C(=O)O)N(C)CC2CCOCC2)cc1C. The summed E-state index contributed by atoms with van der Waals surface area (Å²) in [4.78, 5) is 13.7. The number of hydrogen-bond acceptors (Lipinski definition) is 3. The summed E-state index contributed by atoms with van der Waals surface area (Å²) in [5.74, 6) is -0.259. The third-order valence-electron chi connectivity index (χ3n) is 4.41. The Morgan fingerprint density at radius 2 is 2.00 bits per heavy atom. The van der Waals surface area contributed by atoms with E-state index in [0.717, 1.165) is 43.7 Å². The fourth-order valence-corrected chi connectivity index (χ4v) is 2.96. The molecule has 0 spiro atoms. The largest absolute Gasteiger partial charge is 0.480 e. The molecule has 0 bridgehead atoms. The second kappa shape index (κ2) is 7.05. The Balaban J connectivity index is 2.13. The molecule has 0 unspecified atom stereocenters. The number of rotatable bonds is 5. The number of hydrogen-bond donors (Lipinski definition) is 1. The number of aliphatic carboxylic acids is 1. The van der Waals surface area contributed by atoms with E-state index in [-0.39, 0.29) is 0 Å². The zero-order valence-electron chi connectivity index (χ0n) is 13.1. The smallest absolute Gasteiger partial charge is 0.325 e.